The van der Waals surface area contributed by atoms with E-state index in [9.17, 15) is 4.79 Å². The molecule has 1 atom stereocenters. The van der Waals surface area contributed by atoms with E-state index in [1.54, 1.807) is 0 Å². The van der Waals surface area contributed by atoms with Crippen molar-refractivity contribution in [3.05, 3.63) is 60.2 Å². The van der Waals surface area contributed by atoms with Gasteiger partial charge >= 0.3 is 0 Å². The predicted molar refractivity (Wildman–Crippen MR) is 94.2 cm³/mol. The van der Waals surface area contributed by atoms with Crippen LogP contribution in [0.25, 0.3) is 11.1 Å². The Kier molecular flexibility index (Phi) is 5.09. The van der Waals surface area contributed by atoms with Gasteiger partial charge in [-0.3, -0.25) is 4.79 Å². The summed E-state index contributed by atoms with van der Waals surface area (Å²) in [6.07, 6.45) is 1.65. The monoisotopic (exact) mass is 308 g/mol. The summed E-state index contributed by atoms with van der Waals surface area (Å²) < 4.78 is 0. The molecule has 1 aliphatic rings. The number of benzene rings is 2. The zero-order chi connectivity index (χ0) is 16.1. The van der Waals surface area contributed by atoms with Crippen LogP contribution in [0, 0.1) is 5.92 Å². The second-order valence-corrected chi connectivity index (χ2v) is 6.37. The highest BCUT2D eigenvalue weighted by Gasteiger charge is 2.19. The van der Waals surface area contributed by atoms with E-state index in [1.807, 2.05) is 30.1 Å². The molecule has 23 heavy (non-hydrogen) atoms. The van der Waals surface area contributed by atoms with Crippen molar-refractivity contribution in [2.75, 3.05) is 26.7 Å². The molecule has 0 aliphatic carbocycles. The molecule has 1 heterocycles. The summed E-state index contributed by atoms with van der Waals surface area (Å²) in [4.78, 5) is 14.2. The second-order valence-electron chi connectivity index (χ2n) is 6.37. The Bertz CT molecular complexity index is 630. The highest BCUT2D eigenvalue weighted by molar-refractivity contribution is 5.78. The Labute approximate surface area is 138 Å². The van der Waals surface area contributed by atoms with E-state index >= 15 is 0 Å². The van der Waals surface area contributed by atoms with Gasteiger partial charge < -0.3 is 10.2 Å². The van der Waals surface area contributed by atoms with Gasteiger partial charge in [0.15, 0.2) is 0 Å². The van der Waals surface area contributed by atoms with Crippen LogP contribution in [0.4, 0.5) is 0 Å². The number of amides is 1. The number of nitrogens with zero attached hydrogens (tertiary/aromatic N) is 1. The average Bonchev–Trinajstić information content (AvgIpc) is 3.09. The molecule has 2 aromatic carbocycles. The molecule has 1 amide bonds. The highest BCUT2D eigenvalue weighted by Crippen LogP contribution is 2.19. The minimum atomic E-state index is 0.198. The fourth-order valence-corrected chi connectivity index (χ4v) is 3.11. The first-order chi connectivity index (χ1) is 11.2. The minimum Gasteiger partial charge on any atom is -0.345 e. The van der Waals surface area contributed by atoms with Crippen molar-refractivity contribution in [1.29, 1.82) is 0 Å². The van der Waals surface area contributed by atoms with Gasteiger partial charge in [0.2, 0.25) is 5.91 Å². The summed E-state index contributed by atoms with van der Waals surface area (Å²) >= 11 is 0. The van der Waals surface area contributed by atoms with Crippen molar-refractivity contribution in [3.8, 4) is 11.1 Å². The number of hydrogen-bond acceptors (Lipinski definition) is 2. The zero-order valence-corrected chi connectivity index (χ0v) is 13.7. The third-order valence-electron chi connectivity index (χ3n) is 4.54. The first kappa shape index (κ1) is 15.8. The molecule has 3 heteroatoms. The molecule has 0 saturated carbocycles. The van der Waals surface area contributed by atoms with Gasteiger partial charge in [-0.2, -0.15) is 0 Å². The van der Waals surface area contributed by atoms with E-state index in [4.69, 9.17) is 0 Å². The number of carbonyl (C=O) groups is 1. The molecule has 120 valence electrons. The third kappa shape index (κ3) is 4.20. The first-order valence-corrected chi connectivity index (χ1v) is 8.31. The van der Waals surface area contributed by atoms with Gasteiger partial charge in [0, 0.05) is 13.6 Å². The van der Waals surface area contributed by atoms with Gasteiger partial charge in [-0.25, -0.2) is 0 Å². The van der Waals surface area contributed by atoms with Crippen molar-refractivity contribution in [2.24, 2.45) is 5.92 Å². The minimum absolute atomic E-state index is 0.198. The topological polar surface area (TPSA) is 32.3 Å². The van der Waals surface area contributed by atoms with Crippen LogP contribution in [0.1, 0.15) is 12.0 Å². The van der Waals surface area contributed by atoms with Crippen molar-refractivity contribution in [3.63, 3.8) is 0 Å². The van der Waals surface area contributed by atoms with Crippen LogP contribution in [0.3, 0.4) is 0 Å². The zero-order valence-electron chi connectivity index (χ0n) is 13.7. The maximum absolute atomic E-state index is 12.4. The van der Waals surface area contributed by atoms with E-state index < -0.39 is 0 Å². The van der Waals surface area contributed by atoms with Gasteiger partial charge in [0.25, 0.3) is 0 Å². The summed E-state index contributed by atoms with van der Waals surface area (Å²) in [6, 6.07) is 18.6. The van der Waals surface area contributed by atoms with Crippen molar-refractivity contribution >= 4 is 5.91 Å². The van der Waals surface area contributed by atoms with Crippen LogP contribution < -0.4 is 5.32 Å². The third-order valence-corrected chi connectivity index (χ3v) is 4.54. The number of rotatable bonds is 5. The average molecular weight is 308 g/mol. The maximum Gasteiger partial charge on any atom is 0.226 e. The molecular formula is C20H24N2O. The molecule has 0 aromatic heterocycles. The Morgan fingerprint density at radius 1 is 1.09 bits per heavy atom. The molecule has 1 fully saturated rings. The molecule has 1 N–H and O–H groups in total. The molecule has 3 rings (SSSR count). The van der Waals surface area contributed by atoms with Gasteiger partial charge in [-0.15, -0.1) is 0 Å². The molecule has 1 unspecified atom stereocenters. The normalized spacial score (nSPS) is 17.2. The maximum atomic E-state index is 12.4. The second kappa shape index (κ2) is 7.42. The Hall–Kier alpha value is -2.13. The first-order valence-electron chi connectivity index (χ1n) is 8.31. The van der Waals surface area contributed by atoms with Crippen molar-refractivity contribution < 1.29 is 4.79 Å². The summed E-state index contributed by atoms with van der Waals surface area (Å²) in [5.74, 6) is 0.800. The Morgan fingerprint density at radius 2 is 1.78 bits per heavy atom. The van der Waals surface area contributed by atoms with Gasteiger partial charge in [0.1, 0.15) is 0 Å². The van der Waals surface area contributed by atoms with E-state index in [0.717, 1.165) is 25.2 Å². The largest absolute Gasteiger partial charge is 0.345 e. The van der Waals surface area contributed by atoms with Crippen molar-refractivity contribution in [2.45, 2.75) is 12.8 Å². The molecule has 0 spiro atoms. The van der Waals surface area contributed by atoms with Gasteiger partial charge in [-0.05, 0) is 42.1 Å². The molecule has 2 aromatic rings. The standard InChI is InChI=1S/C20H24N2O/c1-22(15-17-11-12-21-14-17)20(23)13-16-7-9-19(10-8-16)18-5-3-2-4-6-18/h2-10,17,21H,11-15H2,1H3. The van der Waals surface area contributed by atoms with Gasteiger partial charge in [0.05, 0.1) is 6.42 Å². The summed E-state index contributed by atoms with van der Waals surface area (Å²) in [5.41, 5.74) is 3.47. The van der Waals surface area contributed by atoms with Crippen LogP contribution in [0.2, 0.25) is 0 Å². The molecule has 0 bridgehead atoms. The highest BCUT2D eigenvalue weighted by atomic mass is 16.2. The molecular weight excluding hydrogens is 284 g/mol. The fourth-order valence-electron chi connectivity index (χ4n) is 3.11. The number of likely N-dealkylation sites (N-methyl/N-ethyl adjacent to an activating group) is 1. The number of nitrogens with one attached hydrogen (secondary N) is 1. The van der Waals surface area contributed by atoms with Crippen LogP contribution in [0.15, 0.2) is 54.6 Å². The lowest BCUT2D eigenvalue weighted by atomic mass is 10.0. The van der Waals surface area contributed by atoms with Crippen molar-refractivity contribution in [1.82, 2.24) is 10.2 Å². The molecule has 1 aliphatic heterocycles. The van der Waals surface area contributed by atoms with Crippen LogP contribution in [0.5, 0.6) is 0 Å². The lowest BCUT2D eigenvalue weighted by Gasteiger charge is -2.20. The van der Waals surface area contributed by atoms with Gasteiger partial charge in [-0.1, -0.05) is 54.6 Å². The lowest BCUT2D eigenvalue weighted by Crippen LogP contribution is -2.33. The summed E-state index contributed by atoms with van der Waals surface area (Å²) in [7, 11) is 1.92. The fraction of sp³-hybridized carbons (Fsp3) is 0.350. The Balaban J connectivity index is 1.58. The summed E-state index contributed by atoms with van der Waals surface area (Å²) in [5, 5.41) is 3.35. The Morgan fingerprint density at radius 3 is 2.43 bits per heavy atom. The molecule has 3 nitrogen and oxygen atoms in total. The van der Waals surface area contributed by atoms with E-state index in [-0.39, 0.29) is 5.91 Å². The van der Waals surface area contributed by atoms with E-state index in [2.05, 4.69) is 41.7 Å². The predicted octanol–water partition coefficient (Wildman–Crippen LogP) is 2.96. The number of hydrogen-bond donors (Lipinski definition) is 1. The SMILES string of the molecule is CN(CC1CCNC1)C(=O)Cc1ccc(-c2ccccc2)cc1. The lowest BCUT2D eigenvalue weighted by molar-refractivity contribution is -0.129. The molecule has 0 radical (unpaired) electrons. The van der Waals surface area contributed by atoms with Crippen LogP contribution in [-0.2, 0) is 11.2 Å². The number of carbonyl (C=O) groups excluding carboxylic acids is 1. The van der Waals surface area contributed by atoms with E-state index in [0.29, 0.717) is 12.3 Å². The molecule has 1 saturated heterocycles. The van der Waals surface area contributed by atoms with E-state index in [1.165, 1.54) is 17.5 Å². The smallest absolute Gasteiger partial charge is 0.226 e. The summed E-state index contributed by atoms with van der Waals surface area (Å²) in [6.45, 7) is 2.96. The quantitative estimate of drug-likeness (QED) is 0.921. The van der Waals surface area contributed by atoms with Crippen LogP contribution >= 0.6 is 0 Å². The van der Waals surface area contributed by atoms with Crippen LogP contribution in [-0.4, -0.2) is 37.5 Å².